The number of carbonyl (C=O) groups excluding carboxylic acids is 4. The number of likely N-dealkylation sites (tertiary alicyclic amines) is 1. The zero-order valence-corrected chi connectivity index (χ0v) is 19.5. The molecule has 1 saturated carbocycles. The fourth-order valence-electron chi connectivity index (χ4n) is 5.42. The SMILES string of the molecule is O=C1NCC[C@H]1C[C@H](NC(=O)[C@@H]1CC2(CCCC2)CN1C(=O)OCc1ccccc1)C(=O)S. The molecule has 1 aromatic rings. The Hall–Kier alpha value is -2.55. The van der Waals surface area contributed by atoms with Gasteiger partial charge in [0.2, 0.25) is 16.9 Å². The molecule has 2 saturated heterocycles. The van der Waals surface area contributed by atoms with Crippen molar-refractivity contribution in [2.24, 2.45) is 11.3 Å². The lowest BCUT2D eigenvalue weighted by Gasteiger charge is -2.26. The van der Waals surface area contributed by atoms with Crippen molar-refractivity contribution in [1.82, 2.24) is 15.5 Å². The van der Waals surface area contributed by atoms with Crippen molar-refractivity contribution < 1.29 is 23.9 Å². The summed E-state index contributed by atoms with van der Waals surface area (Å²) in [6.07, 6.45) is 4.95. The monoisotopic (exact) mass is 473 g/mol. The summed E-state index contributed by atoms with van der Waals surface area (Å²) in [5, 5.41) is 5.03. The first-order chi connectivity index (χ1) is 15.9. The Morgan fingerprint density at radius 1 is 1.21 bits per heavy atom. The van der Waals surface area contributed by atoms with Crippen LogP contribution in [0.4, 0.5) is 4.79 Å². The van der Waals surface area contributed by atoms with Crippen LogP contribution in [-0.4, -0.2) is 53.1 Å². The summed E-state index contributed by atoms with van der Waals surface area (Å²) in [7, 11) is 0. The molecule has 8 nitrogen and oxygen atoms in total. The minimum atomic E-state index is -0.878. The van der Waals surface area contributed by atoms with Crippen LogP contribution in [0.1, 0.15) is 50.5 Å². The van der Waals surface area contributed by atoms with E-state index in [1.807, 2.05) is 30.3 Å². The van der Waals surface area contributed by atoms with E-state index in [0.717, 1.165) is 31.2 Å². The number of benzene rings is 1. The van der Waals surface area contributed by atoms with Crippen LogP contribution in [-0.2, 0) is 25.7 Å². The predicted molar refractivity (Wildman–Crippen MR) is 124 cm³/mol. The predicted octanol–water partition coefficient (Wildman–Crippen LogP) is 2.43. The molecule has 33 heavy (non-hydrogen) atoms. The first kappa shape index (κ1) is 23.6. The van der Waals surface area contributed by atoms with Crippen molar-refractivity contribution in [2.75, 3.05) is 13.1 Å². The van der Waals surface area contributed by atoms with Crippen LogP contribution in [0.25, 0.3) is 0 Å². The molecule has 1 aliphatic carbocycles. The Morgan fingerprint density at radius 3 is 2.58 bits per heavy atom. The molecular formula is C24H31N3O5S. The van der Waals surface area contributed by atoms with Gasteiger partial charge in [-0.2, -0.15) is 0 Å². The first-order valence-electron chi connectivity index (χ1n) is 11.7. The number of ether oxygens (including phenoxy) is 1. The molecule has 3 fully saturated rings. The van der Waals surface area contributed by atoms with Gasteiger partial charge in [-0.25, -0.2) is 4.79 Å². The largest absolute Gasteiger partial charge is 0.445 e. The number of thiol groups is 1. The van der Waals surface area contributed by atoms with Gasteiger partial charge in [0.05, 0.1) is 6.04 Å². The summed E-state index contributed by atoms with van der Waals surface area (Å²) in [6, 6.07) is 7.81. The smallest absolute Gasteiger partial charge is 0.410 e. The van der Waals surface area contributed by atoms with Crippen molar-refractivity contribution in [1.29, 1.82) is 0 Å². The molecule has 2 aliphatic heterocycles. The van der Waals surface area contributed by atoms with Gasteiger partial charge in [0.1, 0.15) is 12.6 Å². The van der Waals surface area contributed by atoms with E-state index in [1.54, 1.807) is 0 Å². The molecule has 3 aliphatic rings. The number of rotatable bonds is 7. The Kier molecular flexibility index (Phi) is 7.26. The average Bonchev–Trinajstić information content (AvgIpc) is 3.53. The van der Waals surface area contributed by atoms with Crippen LogP contribution in [0.2, 0.25) is 0 Å². The van der Waals surface area contributed by atoms with Crippen molar-refractivity contribution in [3.05, 3.63) is 35.9 Å². The molecule has 2 N–H and O–H groups in total. The van der Waals surface area contributed by atoms with Crippen LogP contribution in [0.15, 0.2) is 30.3 Å². The zero-order valence-electron chi connectivity index (χ0n) is 18.6. The molecule has 3 atom stereocenters. The van der Waals surface area contributed by atoms with Gasteiger partial charge in [0.25, 0.3) is 0 Å². The third-order valence-corrected chi connectivity index (χ3v) is 7.52. The van der Waals surface area contributed by atoms with Gasteiger partial charge in [0.15, 0.2) is 0 Å². The van der Waals surface area contributed by atoms with E-state index >= 15 is 0 Å². The summed E-state index contributed by atoms with van der Waals surface area (Å²) in [5.41, 5.74) is 0.789. The van der Waals surface area contributed by atoms with Gasteiger partial charge in [0, 0.05) is 19.0 Å². The molecule has 0 bridgehead atoms. The average molecular weight is 474 g/mol. The zero-order chi connectivity index (χ0) is 23.4. The van der Waals surface area contributed by atoms with Crippen LogP contribution in [0.3, 0.4) is 0 Å². The molecule has 3 amide bonds. The molecule has 9 heteroatoms. The molecule has 2 heterocycles. The third-order valence-electron chi connectivity index (χ3n) is 7.21. The number of hydrogen-bond acceptors (Lipinski definition) is 5. The van der Waals surface area contributed by atoms with Gasteiger partial charge < -0.3 is 15.4 Å². The summed E-state index contributed by atoms with van der Waals surface area (Å²) >= 11 is 3.94. The quantitative estimate of drug-likeness (QED) is 0.528. The fraction of sp³-hybridized carbons (Fsp3) is 0.583. The van der Waals surface area contributed by atoms with Crippen LogP contribution in [0.5, 0.6) is 0 Å². The molecule has 0 aromatic heterocycles. The van der Waals surface area contributed by atoms with Crippen molar-refractivity contribution in [3.8, 4) is 0 Å². The number of nitrogens with one attached hydrogen (secondary N) is 2. The minimum absolute atomic E-state index is 0.0837. The standard InChI is InChI=1S/C24H31N3O5S/c28-20-17(8-11-25-20)12-18(22(30)33)26-21(29)19-13-24(9-4-5-10-24)15-27(19)23(31)32-14-16-6-2-1-3-7-16/h1-3,6-7,17-19H,4-5,8-15H2,(H,25,28)(H,26,29)(H,30,33)/t17-,18-,19-/m0/s1. The Balaban J connectivity index is 1.44. The highest BCUT2D eigenvalue weighted by Crippen LogP contribution is 2.48. The second-order valence-electron chi connectivity index (χ2n) is 9.51. The maximum atomic E-state index is 13.3. The lowest BCUT2D eigenvalue weighted by molar-refractivity contribution is -0.129. The van der Waals surface area contributed by atoms with Crippen molar-refractivity contribution in [2.45, 2.75) is 63.6 Å². The van der Waals surface area contributed by atoms with E-state index in [-0.39, 0.29) is 36.2 Å². The number of nitrogens with zero attached hydrogens (tertiary/aromatic N) is 1. The van der Waals surface area contributed by atoms with Gasteiger partial charge in [-0.1, -0.05) is 43.2 Å². The van der Waals surface area contributed by atoms with Crippen molar-refractivity contribution in [3.63, 3.8) is 0 Å². The topological polar surface area (TPSA) is 105 Å². The molecule has 178 valence electrons. The summed E-state index contributed by atoms with van der Waals surface area (Å²) in [4.78, 5) is 51.9. The maximum Gasteiger partial charge on any atom is 0.410 e. The van der Waals surface area contributed by atoms with Crippen LogP contribution in [0, 0.1) is 11.3 Å². The number of carbonyl (C=O) groups is 4. The number of amides is 3. The molecule has 4 rings (SSSR count). The second kappa shape index (κ2) is 10.2. The van der Waals surface area contributed by atoms with E-state index in [1.165, 1.54) is 4.90 Å². The number of hydrogen-bond donors (Lipinski definition) is 3. The highest BCUT2D eigenvalue weighted by molar-refractivity contribution is 7.96. The Bertz CT molecular complexity index is 903. The first-order valence-corrected chi connectivity index (χ1v) is 12.1. The molecule has 0 radical (unpaired) electrons. The van der Waals surface area contributed by atoms with E-state index in [2.05, 4.69) is 23.3 Å². The minimum Gasteiger partial charge on any atom is -0.445 e. The van der Waals surface area contributed by atoms with Crippen molar-refractivity contribution >= 4 is 35.7 Å². The fourth-order valence-corrected chi connectivity index (χ4v) is 5.59. The van der Waals surface area contributed by atoms with Gasteiger partial charge >= 0.3 is 6.09 Å². The van der Waals surface area contributed by atoms with Gasteiger partial charge in [-0.05, 0) is 43.1 Å². The Morgan fingerprint density at radius 2 is 1.94 bits per heavy atom. The van der Waals surface area contributed by atoms with E-state index < -0.39 is 23.3 Å². The molecular weight excluding hydrogens is 442 g/mol. The van der Waals surface area contributed by atoms with E-state index in [9.17, 15) is 19.2 Å². The highest BCUT2D eigenvalue weighted by Gasteiger charge is 2.50. The summed E-state index contributed by atoms with van der Waals surface area (Å²) < 4.78 is 5.54. The molecule has 1 aromatic carbocycles. The van der Waals surface area contributed by atoms with Gasteiger partial charge in [-0.3, -0.25) is 19.3 Å². The van der Waals surface area contributed by atoms with E-state index in [0.29, 0.717) is 25.9 Å². The van der Waals surface area contributed by atoms with E-state index in [4.69, 9.17) is 4.74 Å². The third kappa shape index (κ3) is 5.51. The van der Waals surface area contributed by atoms with Crippen LogP contribution < -0.4 is 10.6 Å². The Labute approximate surface area is 199 Å². The maximum absolute atomic E-state index is 13.3. The second-order valence-corrected chi connectivity index (χ2v) is 9.95. The summed E-state index contributed by atoms with van der Waals surface area (Å²) in [5.74, 6) is -0.829. The van der Waals surface area contributed by atoms with Crippen LogP contribution >= 0.6 is 12.6 Å². The summed E-state index contributed by atoms with van der Waals surface area (Å²) in [6.45, 7) is 1.17. The molecule has 1 spiro atoms. The lowest BCUT2D eigenvalue weighted by atomic mass is 9.84. The normalized spacial score (nSPS) is 24.5. The lowest BCUT2D eigenvalue weighted by Crippen LogP contribution is -2.51. The van der Waals surface area contributed by atoms with Gasteiger partial charge in [-0.15, -0.1) is 12.6 Å². The molecule has 0 unspecified atom stereocenters. The highest BCUT2D eigenvalue weighted by atomic mass is 32.1.